The molecule has 0 saturated carbocycles. The molecule has 5 nitrogen and oxygen atoms in total. The molecule has 0 radical (unpaired) electrons. The zero-order valence-electron chi connectivity index (χ0n) is 12.0. The predicted octanol–water partition coefficient (Wildman–Crippen LogP) is 1.66. The van der Waals surface area contributed by atoms with E-state index in [0.29, 0.717) is 17.1 Å². The summed E-state index contributed by atoms with van der Waals surface area (Å²) in [6.07, 6.45) is 2.06. The van der Waals surface area contributed by atoms with E-state index in [1.54, 1.807) is 32.4 Å². The van der Waals surface area contributed by atoms with Crippen LogP contribution < -0.4 is 14.8 Å². The molecule has 1 heterocycles. The molecule has 110 valence electrons. The van der Waals surface area contributed by atoms with Crippen molar-refractivity contribution in [3.63, 3.8) is 0 Å². The second-order valence-corrected chi connectivity index (χ2v) is 4.75. The summed E-state index contributed by atoms with van der Waals surface area (Å²) in [5.74, 6) is 1.10. The molecular weight excluding hydrogens is 258 g/mol. The van der Waals surface area contributed by atoms with Gasteiger partial charge in [-0.05, 0) is 44.1 Å². The van der Waals surface area contributed by atoms with E-state index in [4.69, 9.17) is 14.2 Å². The van der Waals surface area contributed by atoms with Crippen LogP contribution in [0.5, 0.6) is 11.5 Å². The van der Waals surface area contributed by atoms with Crippen molar-refractivity contribution >= 4 is 5.78 Å². The molecule has 1 aromatic rings. The zero-order valence-corrected chi connectivity index (χ0v) is 12.0. The van der Waals surface area contributed by atoms with Gasteiger partial charge in [0.2, 0.25) is 0 Å². The Bertz CT molecular complexity index is 455. The molecule has 1 saturated heterocycles. The van der Waals surface area contributed by atoms with Crippen molar-refractivity contribution in [2.45, 2.75) is 18.9 Å². The Labute approximate surface area is 119 Å². The number of ketones is 1. The third kappa shape index (κ3) is 3.71. The van der Waals surface area contributed by atoms with Gasteiger partial charge in [-0.15, -0.1) is 0 Å². The first-order chi connectivity index (χ1) is 9.74. The van der Waals surface area contributed by atoms with Crippen molar-refractivity contribution in [3.05, 3.63) is 23.8 Å². The van der Waals surface area contributed by atoms with Crippen molar-refractivity contribution in [1.29, 1.82) is 0 Å². The molecule has 0 atom stereocenters. The molecule has 1 fully saturated rings. The Morgan fingerprint density at radius 2 is 2.00 bits per heavy atom. The monoisotopic (exact) mass is 279 g/mol. The summed E-state index contributed by atoms with van der Waals surface area (Å²) in [7, 11) is 3.12. The lowest BCUT2D eigenvalue weighted by atomic mass is 10.1. The smallest absolute Gasteiger partial charge is 0.192 e. The molecule has 1 aromatic carbocycles. The first kappa shape index (κ1) is 14.8. The maximum atomic E-state index is 12.3. The van der Waals surface area contributed by atoms with Gasteiger partial charge in [-0.2, -0.15) is 0 Å². The fraction of sp³-hybridized carbons (Fsp3) is 0.533. The summed E-state index contributed by atoms with van der Waals surface area (Å²) in [4.78, 5) is 12.3. The van der Waals surface area contributed by atoms with Crippen molar-refractivity contribution in [1.82, 2.24) is 5.32 Å². The average Bonchev–Trinajstić information content (AvgIpc) is 2.52. The Balaban J connectivity index is 2.00. The highest BCUT2D eigenvalue weighted by Gasteiger charge is 2.18. The fourth-order valence-electron chi connectivity index (χ4n) is 2.27. The highest BCUT2D eigenvalue weighted by atomic mass is 16.5. The minimum Gasteiger partial charge on any atom is -0.497 e. The van der Waals surface area contributed by atoms with E-state index in [9.17, 15) is 4.79 Å². The number of carbonyl (C=O) groups is 1. The fourth-order valence-corrected chi connectivity index (χ4v) is 2.27. The normalized spacial score (nSPS) is 15.9. The number of rotatable bonds is 6. The first-order valence-corrected chi connectivity index (χ1v) is 6.82. The molecule has 1 aliphatic rings. The summed E-state index contributed by atoms with van der Waals surface area (Å²) in [5, 5.41) is 3.27. The number of hydrogen-bond acceptors (Lipinski definition) is 5. The van der Waals surface area contributed by atoms with Crippen molar-refractivity contribution in [2.24, 2.45) is 0 Å². The molecule has 0 bridgehead atoms. The van der Waals surface area contributed by atoms with Crippen molar-refractivity contribution < 1.29 is 19.0 Å². The number of piperidine rings is 1. The Morgan fingerprint density at radius 1 is 1.25 bits per heavy atom. The summed E-state index contributed by atoms with van der Waals surface area (Å²) in [5.41, 5.74) is 0.501. The van der Waals surface area contributed by atoms with E-state index in [1.807, 2.05) is 0 Å². The summed E-state index contributed by atoms with van der Waals surface area (Å²) in [6, 6.07) is 5.19. The van der Waals surface area contributed by atoms with E-state index < -0.39 is 0 Å². The van der Waals surface area contributed by atoms with Gasteiger partial charge in [0.05, 0.1) is 25.9 Å². The standard InChI is InChI=1S/C15H21NO4/c1-18-12-3-4-15(19-2)13(9-12)14(17)10-20-11-5-7-16-8-6-11/h3-4,9,11,16H,5-8,10H2,1-2H3. The molecule has 0 unspecified atom stereocenters. The molecule has 1 aliphatic heterocycles. The third-order valence-corrected chi connectivity index (χ3v) is 3.44. The molecule has 2 rings (SSSR count). The average molecular weight is 279 g/mol. The number of benzene rings is 1. The van der Waals surface area contributed by atoms with Crippen LogP contribution in [-0.2, 0) is 4.74 Å². The van der Waals surface area contributed by atoms with Crippen LogP contribution in [0.25, 0.3) is 0 Å². The van der Waals surface area contributed by atoms with Crippen LogP contribution in [0, 0.1) is 0 Å². The number of carbonyl (C=O) groups excluding carboxylic acids is 1. The van der Waals surface area contributed by atoms with Gasteiger partial charge in [-0.25, -0.2) is 0 Å². The van der Waals surface area contributed by atoms with E-state index in [-0.39, 0.29) is 18.5 Å². The Kier molecular flexibility index (Phi) is 5.38. The lowest BCUT2D eigenvalue weighted by molar-refractivity contribution is 0.0316. The van der Waals surface area contributed by atoms with E-state index >= 15 is 0 Å². The quantitative estimate of drug-likeness (QED) is 0.803. The van der Waals surface area contributed by atoms with Crippen LogP contribution in [0.1, 0.15) is 23.2 Å². The van der Waals surface area contributed by atoms with E-state index in [2.05, 4.69) is 5.32 Å². The lowest BCUT2D eigenvalue weighted by Crippen LogP contribution is -2.33. The van der Waals surface area contributed by atoms with Gasteiger partial charge in [0.1, 0.15) is 18.1 Å². The molecule has 1 N–H and O–H groups in total. The van der Waals surface area contributed by atoms with Gasteiger partial charge in [0.15, 0.2) is 5.78 Å². The first-order valence-electron chi connectivity index (χ1n) is 6.82. The van der Waals surface area contributed by atoms with Crippen LogP contribution in [0.4, 0.5) is 0 Å². The minimum absolute atomic E-state index is 0.0776. The van der Waals surface area contributed by atoms with Crippen LogP contribution >= 0.6 is 0 Å². The number of methoxy groups -OCH3 is 2. The topological polar surface area (TPSA) is 56.8 Å². The third-order valence-electron chi connectivity index (χ3n) is 3.44. The highest BCUT2D eigenvalue weighted by Crippen LogP contribution is 2.24. The molecule has 0 amide bonds. The van der Waals surface area contributed by atoms with Gasteiger partial charge in [-0.3, -0.25) is 4.79 Å². The Morgan fingerprint density at radius 3 is 2.65 bits per heavy atom. The molecule has 20 heavy (non-hydrogen) atoms. The van der Waals surface area contributed by atoms with Crippen LogP contribution in [-0.4, -0.2) is 45.8 Å². The van der Waals surface area contributed by atoms with E-state index in [0.717, 1.165) is 25.9 Å². The number of Topliss-reactive ketones (excluding diaryl/α,β-unsaturated/α-hetero) is 1. The molecule has 0 aromatic heterocycles. The lowest BCUT2D eigenvalue weighted by Gasteiger charge is -2.22. The highest BCUT2D eigenvalue weighted by molar-refractivity contribution is 6.00. The largest absolute Gasteiger partial charge is 0.497 e. The zero-order chi connectivity index (χ0) is 14.4. The molecule has 0 spiro atoms. The molecular formula is C15H21NO4. The SMILES string of the molecule is COc1ccc(OC)c(C(=O)COC2CCNCC2)c1. The van der Waals surface area contributed by atoms with Gasteiger partial charge in [0, 0.05) is 0 Å². The molecule has 5 heteroatoms. The summed E-state index contributed by atoms with van der Waals surface area (Å²) < 4.78 is 16.0. The van der Waals surface area contributed by atoms with Gasteiger partial charge >= 0.3 is 0 Å². The minimum atomic E-state index is -0.0840. The van der Waals surface area contributed by atoms with Crippen molar-refractivity contribution in [3.8, 4) is 11.5 Å². The van der Waals surface area contributed by atoms with Gasteiger partial charge in [-0.1, -0.05) is 0 Å². The van der Waals surface area contributed by atoms with E-state index in [1.165, 1.54) is 0 Å². The van der Waals surface area contributed by atoms with Crippen molar-refractivity contribution in [2.75, 3.05) is 33.9 Å². The van der Waals surface area contributed by atoms with Crippen LogP contribution in [0.15, 0.2) is 18.2 Å². The van der Waals surface area contributed by atoms with Gasteiger partial charge < -0.3 is 19.5 Å². The maximum Gasteiger partial charge on any atom is 0.192 e. The predicted molar refractivity (Wildman–Crippen MR) is 75.7 cm³/mol. The number of hydrogen-bond donors (Lipinski definition) is 1. The molecule has 0 aliphatic carbocycles. The second-order valence-electron chi connectivity index (χ2n) is 4.75. The summed E-state index contributed by atoms with van der Waals surface area (Å²) >= 11 is 0. The number of nitrogens with one attached hydrogen (secondary N) is 1. The maximum absolute atomic E-state index is 12.3. The van der Waals surface area contributed by atoms with Crippen LogP contribution in [0.3, 0.4) is 0 Å². The Hall–Kier alpha value is -1.59. The summed E-state index contributed by atoms with van der Waals surface area (Å²) in [6.45, 7) is 1.97. The second kappa shape index (κ2) is 7.26. The number of ether oxygens (including phenoxy) is 3. The van der Waals surface area contributed by atoms with Crippen LogP contribution in [0.2, 0.25) is 0 Å². The van der Waals surface area contributed by atoms with Gasteiger partial charge in [0.25, 0.3) is 0 Å².